The van der Waals surface area contributed by atoms with Crippen LogP contribution in [0.3, 0.4) is 0 Å². The Morgan fingerprint density at radius 3 is 2.22 bits per heavy atom. The first-order chi connectivity index (χ1) is 8.31. The average molecular weight is 247 g/mol. The van der Waals surface area contributed by atoms with Crippen molar-refractivity contribution < 1.29 is 9.63 Å². The second-order valence-electron chi connectivity index (χ2n) is 5.18. The first kappa shape index (κ1) is 14.2. The number of aromatic nitrogens is 1. The van der Waals surface area contributed by atoms with Gasteiger partial charge in [-0.15, -0.1) is 0 Å². The minimum Gasteiger partial charge on any atom is -0.382 e. The maximum Gasteiger partial charge on any atom is 0.167 e. The molecule has 0 saturated heterocycles. The smallest absolute Gasteiger partial charge is 0.167 e. The second kappa shape index (κ2) is 5.20. The summed E-state index contributed by atoms with van der Waals surface area (Å²) >= 11 is 0. The Morgan fingerprint density at radius 2 is 1.89 bits per heavy atom. The standard InChI is InChI=1S/C13H17N3O2/c1-8(2)12(9(6-14)7-15)10-5-11(18-16-10)13(3,4)17/h5,8-9,12,17H,1-4H3. The second-order valence-corrected chi connectivity index (χ2v) is 5.18. The zero-order chi connectivity index (χ0) is 13.9. The molecule has 1 N–H and O–H groups in total. The van der Waals surface area contributed by atoms with Gasteiger partial charge in [-0.2, -0.15) is 10.5 Å². The Labute approximate surface area is 107 Å². The fourth-order valence-corrected chi connectivity index (χ4v) is 1.82. The van der Waals surface area contributed by atoms with E-state index in [4.69, 9.17) is 15.0 Å². The fourth-order valence-electron chi connectivity index (χ4n) is 1.82. The van der Waals surface area contributed by atoms with Crippen molar-refractivity contribution in [3.05, 3.63) is 17.5 Å². The van der Waals surface area contributed by atoms with E-state index in [-0.39, 0.29) is 11.8 Å². The molecule has 0 aliphatic carbocycles. The molecule has 1 unspecified atom stereocenters. The number of nitriles is 2. The highest BCUT2D eigenvalue weighted by Crippen LogP contribution is 2.33. The molecule has 96 valence electrons. The van der Waals surface area contributed by atoms with Crippen LogP contribution in [0.25, 0.3) is 0 Å². The SMILES string of the molecule is CC(C)C(c1cc(C(C)(C)O)on1)C(C#N)C#N. The Balaban J connectivity index is 3.14. The number of hydrogen-bond acceptors (Lipinski definition) is 5. The van der Waals surface area contributed by atoms with Crippen molar-refractivity contribution in [2.45, 2.75) is 39.2 Å². The number of nitrogens with zero attached hydrogens (tertiary/aromatic N) is 3. The van der Waals surface area contributed by atoms with Crippen LogP contribution >= 0.6 is 0 Å². The third kappa shape index (κ3) is 2.88. The molecule has 0 amide bonds. The topological polar surface area (TPSA) is 93.8 Å². The molecule has 1 atom stereocenters. The number of aliphatic hydroxyl groups is 1. The van der Waals surface area contributed by atoms with Crippen LogP contribution in [0.2, 0.25) is 0 Å². The van der Waals surface area contributed by atoms with E-state index in [2.05, 4.69) is 5.16 Å². The molecule has 1 rings (SSSR count). The van der Waals surface area contributed by atoms with Crippen molar-refractivity contribution in [3.63, 3.8) is 0 Å². The maximum atomic E-state index is 9.81. The minimum atomic E-state index is -1.12. The van der Waals surface area contributed by atoms with E-state index in [0.717, 1.165) is 0 Å². The van der Waals surface area contributed by atoms with Crippen molar-refractivity contribution in [2.24, 2.45) is 11.8 Å². The summed E-state index contributed by atoms with van der Waals surface area (Å²) in [5, 5.41) is 31.7. The predicted octanol–water partition coefficient (Wildman–Crippen LogP) is 2.30. The summed E-state index contributed by atoms with van der Waals surface area (Å²) in [5.41, 5.74) is -0.586. The molecule has 0 aliphatic heterocycles. The average Bonchev–Trinajstić information content (AvgIpc) is 2.73. The molecule has 0 spiro atoms. The van der Waals surface area contributed by atoms with Crippen LogP contribution in [-0.2, 0) is 5.60 Å². The summed E-state index contributed by atoms with van der Waals surface area (Å²) < 4.78 is 5.08. The quantitative estimate of drug-likeness (QED) is 0.881. The predicted molar refractivity (Wildman–Crippen MR) is 64.0 cm³/mol. The number of hydrogen-bond donors (Lipinski definition) is 1. The molecule has 1 aromatic rings. The molecule has 0 saturated carbocycles. The van der Waals surface area contributed by atoms with Gasteiger partial charge in [0.25, 0.3) is 0 Å². The monoisotopic (exact) mass is 247 g/mol. The van der Waals surface area contributed by atoms with E-state index in [1.807, 2.05) is 26.0 Å². The molecular formula is C13H17N3O2. The summed E-state index contributed by atoms with van der Waals surface area (Å²) in [5.74, 6) is -0.684. The van der Waals surface area contributed by atoms with Gasteiger partial charge in [0.2, 0.25) is 0 Å². The van der Waals surface area contributed by atoms with Crippen LogP contribution in [0.15, 0.2) is 10.6 Å². The first-order valence-corrected chi connectivity index (χ1v) is 5.80. The Kier molecular flexibility index (Phi) is 4.11. The lowest BCUT2D eigenvalue weighted by Crippen LogP contribution is -2.17. The van der Waals surface area contributed by atoms with Gasteiger partial charge in [-0.1, -0.05) is 19.0 Å². The van der Waals surface area contributed by atoms with Gasteiger partial charge in [0, 0.05) is 12.0 Å². The molecule has 0 aliphatic rings. The molecule has 18 heavy (non-hydrogen) atoms. The zero-order valence-corrected chi connectivity index (χ0v) is 11.0. The van der Waals surface area contributed by atoms with Gasteiger partial charge in [0.05, 0.1) is 17.8 Å². The Morgan fingerprint density at radius 1 is 1.33 bits per heavy atom. The van der Waals surface area contributed by atoms with E-state index in [1.165, 1.54) is 0 Å². The maximum absolute atomic E-state index is 9.81. The van der Waals surface area contributed by atoms with E-state index in [9.17, 15) is 5.11 Å². The highest BCUT2D eigenvalue weighted by Gasteiger charge is 2.31. The van der Waals surface area contributed by atoms with E-state index < -0.39 is 11.5 Å². The van der Waals surface area contributed by atoms with Crippen molar-refractivity contribution in [3.8, 4) is 12.1 Å². The van der Waals surface area contributed by atoms with Crippen LogP contribution in [0.1, 0.15) is 45.1 Å². The third-order valence-corrected chi connectivity index (χ3v) is 2.83. The summed E-state index contributed by atoms with van der Waals surface area (Å²) in [6, 6.07) is 5.57. The lowest BCUT2D eigenvalue weighted by atomic mass is 9.82. The van der Waals surface area contributed by atoms with Gasteiger partial charge in [-0.25, -0.2) is 0 Å². The van der Waals surface area contributed by atoms with Gasteiger partial charge < -0.3 is 9.63 Å². The summed E-state index contributed by atoms with van der Waals surface area (Å²) in [4.78, 5) is 0. The van der Waals surface area contributed by atoms with Crippen molar-refractivity contribution in [1.82, 2.24) is 5.16 Å². The van der Waals surface area contributed by atoms with Crippen molar-refractivity contribution in [2.75, 3.05) is 0 Å². The summed E-state index contributed by atoms with van der Waals surface area (Å²) in [7, 11) is 0. The van der Waals surface area contributed by atoms with E-state index in [1.54, 1.807) is 19.9 Å². The molecule has 1 aromatic heterocycles. The summed E-state index contributed by atoms with van der Waals surface area (Å²) in [6.45, 7) is 7.02. The minimum absolute atomic E-state index is 0.0778. The lowest BCUT2D eigenvalue weighted by molar-refractivity contribution is 0.0474. The van der Waals surface area contributed by atoms with E-state index >= 15 is 0 Å². The van der Waals surface area contributed by atoms with Crippen LogP contribution in [0.4, 0.5) is 0 Å². The largest absolute Gasteiger partial charge is 0.382 e. The van der Waals surface area contributed by atoms with Gasteiger partial charge >= 0.3 is 0 Å². The number of rotatable bonds is 4. The Bertz CT molecular complexity index is 472. The highest BCUT2D eigenvalue weighted by molar-refractivity contribution is 5.21. The molecule has 5 heteroatoms. The molecule has 1 heterocycles. The Hall–Kier alpha value is -1.85. The van der Waals surface area contributed by atoms with Gasteiger partial charge in [-0.05, 0) is 19.8 Å². The zero-order valence-electron chi connectivity index (χ0n) is 11.0. The molecule has 0 fully saturated rings. The van der Waals surface area contributed by atoms with Crippen molar-refractivity contribution in [1.29, 1.82) is 10.5 Å². The molecule has 5 nitrogen and oxygen atoms in total. The van der Waals surface area contributed by atoms with Crippen LogP contribution in [0, 0.1) is 34.5 Å². The highest BCUT2D eigenvalue weighted by atomic mass is 16.5. The summed E-state index contributed by atoms with van der Waals surface area (Å²) in [6.07, 6.45) is 0. The normalized spacial score (nSPS) is 13.4. The third-order valence-electron chi connectivity index (χ3n) is 2.83. The molecular weight excluding hydrogens is 230 g/mol. The van der Waals surface area contributed by atoms with Gasteiger partial charge in [-0.3, -0.25) is 0 Å². The van der Waals surface area contributed by atoms with Gasteiger partial charge in [0.15, 0.2) is 5.76 Å². The van der Waals surface area contributed by atoms with Crippen LogP contribution < -0.4 is 0 Å². The lowest BCUT2D eigenvalue weighted by Gasteiger charge is -2.18. The molecule has 0 bridgehead atoms. The fraction of sp³-hybridized carbons (Fsp3) is 0.615. The van der Waals surface area contributed by atoms with Crippen LogP contribution in [0.5, 0.6) is 0 Å². The van der Waals surface area contributed by atoms with Crippen LogP contribution in [-0.4, -0.2) is 10.3 Å². The van der Waals surface area contributed by atoms with E-state index in [0.29, 0.717) is 11.5 Å². The first-order valence-electron chi connectivity index (χ1n) is 5.80. The van der Waals surface area contributed by atoms with Crippen molar-refractivity contribution >= 4 is 0 Å². The molecule has 0 aromatic carbocycles. The molecule has 0 radical (unpaired) electrons. The van der Waals surface area contributed by atoms with Gasteiger partial charge in [0.1, 0.15) is 11.5 Å².